The average molecular weight is 460 g/mol. The largest absolute Gasteiger partial charge is 0.466 e. The molecule has 2 heterocycles. The topological polar surface area (TPSA) is 71.0 Å². The number of aliphatic imine (C=N–C) groups is 1. The molecule has 1 saturated carbocycles. The minimum Gasteiger partial charge on any atom is -0.466 e. The van der Waals surface area contributed by atoms with Crippen LogP contribution >= 0.6 is 23.4 Å². The molecule has 1 atom stereocenters. The smallest absolute Gasteiger partial charge is 0.338 e. The van der Waals surface area contributed by atoms with Crippen molar-refractivity contribution >= 4 is 40.4 Å². The Kier molecular flexibility index (Phi) is 6.72. The molecule has 1 aromatic carbocycles. The predicted octanol–water partition coefficient (Wildman–Crippen LogP) is 4.93. The van der Waals surface area contributed by atoms with Crippen molar-refractivity contribution < 1.29 is 14.3 Å². The molecule has 1 aliphatic carbocycles. The molecule has 1 N–H and O–H groups in total. The highest BCUT2D eigenvalue weighted by Gasteiger charge is 2.41. The number of hydrogen-bond donors (Lipinski definition) is 1. The van der Waals surface area contributed by atoms with Gasteiger partial charge in [0.15, 0.2) is 5.17 Å². The number of benzene rings is 1. The van der Waals surface area contributed by atoms with E-state index in [1.54, 1.807) is 6.07 Å². The lowest BCUT2D eigenvalue weighted by molar-refractivity contribution is -0.136. The molecule has 1 amide bonds. The molecule has 4 rings (SSSR count). The lowest BCUT2D eigenvalue weighted by Gasteiger charge is -2.36. The zero-order valence-electron chi connectivity index (χ0n) is 17.7. The third-order valence-corrected chi connectivity index (χ3v) is 7.01. The second-order valence-electron chi connectivity index (χ2n) is 8.02. The molecule has 0 saturated heterocycles. The van der Waals surface area contributed by atoms with E-state index in [0.29, 0.717) is 16.3 Å². The van der Waals surface area contributed by atoms with Gasteiger partial charge in [-0.2, -0.15) is 0 Å². The van der Waals surface area contributed by atoms with Crippen molar-refractivity contribution in [2.45, 2.75) is 57.5 Å². The summed E-state index contributed by atoms with van der Waals surface area (Å²) in [5.41, 5.74) is 2.73. The van der Waals surface area contributed by atoms with E-state index in [-0.39, 0.29) is 18.4 Å². The fourth-order valence-corrected chi connectivity index (χ4v) is 5.59. The van der Waals surface area contributed by atoms with Crippen molar-refractivity contribution in [2.24, 2.45) is 4.99 Å². The van der Waals surface area contributed by atoms with Crippen molar-refractivity contribution in [3.8, 4) is 0 Å². The standard InChI is InChI=1S/C23H26ClN3O3S/c1-14-20(22(29)30-2)21(15-7-6-8-16(24)11-15)27-18(13-31-23(27)25-14)12-19(28)26-17-9-4-3-5-10-17/h6-8,11,13,17,21H,3-5,9-10,12H2,1-2H3,(H,26,28)/t21-/m1/s1. The number of ether oxygens (including phenoxy) is 1. The number of esters is 1. The molecule has 8 heteroatoms. The first-order valence-corrected chi connectivity index (χ1v) is 11.8. The van der Waals surface area contributed by atoms with Gasteiger partial charge in [0, 0.05) is 16.8 Å². The number of methoxy groups -OCH3 is 1. The number of amidine groups is 1. The number of allylic oxidation sites excluding steroid dienone is 1. The summed E-state index contributed by atoms with van der Waals surface area (Å²) < 4.78 is 5.08. The zero-order chi connectivity index (χ0) is 22.0. The van der Waals surface area contributed by atoms with E-state index in [9.17, 15) is 9.59 Å². The van der Waals surface area contributed by atoms with Crippen LogP contribution in [-0.4, -0.2) is 35.1 Å². The molecule has 1 aromatic rings. The Hall–Kier alpha value is -2.25. The molecule has 6 nitrogen and oxygen atoms in total. The van der Waals surface area contributed by atoms with Crippen LogP contribution in [0.2, 0.25) is 5.02 Å². The molecule has 0 unspecified atom stereocenters. The van der Waals surface area contributed by atoms with Crippen LogP contribution in [0.3, 0.4) is 0 Å². The Bertz CT molecular complexity index is 982. The summed E-state index contributed by atoms with van der Waals surface area (Å²) in [6.45, 7) is 1.81. The normalized spacial score (nSPS) is 21.4. The molecule has 0 bridgehead atoms. The van der Waals surface area contributed by atoms with Crippen LogP contribution < -0.4 is 5.32 Å². The van der Waals surface area contributed by atoms with Gasteiger partial charge in [-0.1, -0.05) is 54.8 Å². The quantitative estimate of drug-likeness (QED) is 0.632. The van der Waals surface area contributed by atoms with Crippen LogP contribution in [0, 0.1) is 0 Å². The number of thioether (sulfide) groups is 1. The van der Waals surface area contributed by atoms with Crippen LogP contribution in [0.4, 0.5) is 0 Å². The number of amides is 1. The Morgan fingerprint density at radius 3 is 2.77 bits per heavy atom. The van der Waals surface area contributed by atoms with E-state index in [1.165, 1.54) is 25.3 Å². The molecule has 0 radical (unpaired) electrons. The van der Waals surface area contributed by atoms with Crippen LogP contribution in [0.1, 0.15) is 57.1 Å². The minimum absolute atomic E-state index is 0.00395. The van der Waals surface area contributed by atoms with Gasteiger partial charge in [-0.15, -0.1) is 0 Å². The second-order valence-corrected chi connectivity index (χ2v) is 9.29. The third-order valence-electron chi connectivity index (χ3n) is 5.88. The highest BCUT2D eigenvalue weighted by Crippen LogP contribution is 2.45. The molecule has 0 aromatic heterocycles. The molecular formula is C23H26ClN3O3S. The van der Waals surface area contributed by atoms with E-state index in [2.05, 4.69) is 10.3 Å². The van der Waals surface area contributed by atoms with Crippen molar-refractivity contribution in [3.05, 3.63) is 57.2 Å². The summed E-state index contributed by atoms with van der Waals surface area (Å²) in [4.78, 5) is 32.1. The van der Waals surface area contributed by atoms with Gasteiger partial charge >= 0.3 is 5.97 Å². The van der Waals surface area contributed by atoms with Crippen LogP contribution in [0.5, 0.6) is 0 Å². The maximum atomic E-state index is 12.8. The van der Waals surface area contributed by atoms with E-state index in [0.717, 1.165) is 42.1 Å². The van der Waals surface area contributed by atoms with Crippen molar-refractivity contribution in [1.29, 1.82) is 0 Å². The van der Waals surface area contributed by atoms with Gasteiger partial charge < -0.3 is 15.0 Å². The fraction of sp³-hybridized carbons (Fsp3) is 0.435. The van der Waals surface area contributed by atoms with Gasteiger partial charge in [0.25, 0.3) is 0 Å². The average Bonchev–Trinajstić information content (AvgIpc) is 3.14. The Balaban J connectivity index is 1.63. The SMILES string of the molecule is COC(=O)C1=C(C)N=C2SC=C(CC(=O)NC3CCCCC3)N2[C@@H]1c1cccc(Cl)c1. The molecule has 3 aliphatic rings. The minimum atomic E-state index is -0.456. The first kappa shape index (κ1) is 22.0. The van der Waals surface area contributed by atoms with E-state index >= 15 is 0 Å². The lowest BCUT2D eigenvalue weighted by Crippen LogP contribution is -2.40. The number of halogens is 1. The fourth-order valence-electron chi connectivity index (χ4n) is 4.42. The number of hydrogen-bond acceptors (Lipinski definition) is 6. The molecule has 2 aliphatic heterocycles. The summed E-state index contributed by atoms with van der Waals surface area (Å²) in [7, 11) is 1.37. The second kappa shape index (κ2) is 9.49. The number of carbonyl (C=O) groups is 2. The van der Waals surface area contributed by atoms with E-state index < -0.39 is 12.0 Å². The summed E-state index contributed by atoms with van der Waals surface area (Å²) in [5.74, 6) is -0.441. The summed E-state index contributed by atoms with van der Waals surface area (Å²) in [5, 5.41) is 6.45. The van der Waals surface area contributed by atoms with Gasteiger partial charge in [-0.3, -0.25) is 4.79 Å². The number of carbonyl (C=O) groups excluding carboxylic acids is 2. The molecule has 1 fully saturated rings. The lowest BCUT2D eigenvalue weighted by atomic mass is 9.93. The molecule has 164 valence electrons. The van der Waals surface area contributed by atoms with Gasteiger partial charge in [0.2, 0.25) is 5.91 Å². The summed E-state index contributed by atoms with van der Waals surface area (Å²) in [6, 6.07) is 7.22. The van der Waals surface area contributed by atoms with Gasteiger partial charge in [-0.05, 0) is 42.9 Å². The van der Waals surface area contributed by atoms with Gasteiger partial charge in [0.05, 0.1) is 30.8 Å². The predicted molar refractivity (Wildman–Crippen MR) is 123 cm³/mol. The van der Waals surface area contributed by atoms with E-state index in [4.69, 9.17) is 16.3 Å². The third kappa shape index (κ3) is 4.67. The molecular weight excluding hydrogens is 434 g/mol. The monoisotopic (exact) mass is 459 g/mol. The Morgan fingerprint density at radius 2 is 2.06 bits per heavy atom. The first-order chi connectivity index (χ1) is 15.0. The van der Waals surface area contributed by atoms with Crippen LogP contribution in [0.25, 0.3) is 0 Å². The maximum Gasteiger partial charge on any atom is 0.338 e. The van der Waals surface area contributed by atoms with Gasteiger partial charge in [-0.25, -0.2) is 9.79 Å². The van der Waals surface area contributed by atoms with Crippen molar-refractivity contribution in [3.63, 3.8) is 0 Å². The van der Waals surface area contributed by atoms with Crippen molar-refractivity contribution in [2.75, 3.05) is 7.11 Å². The Labute approximate surface area is 191 Å². The van der Waals surface area contributed by atoms with Crippen LogP contribution in [0.15, 0.2) is 51.6 Å². The van der Waals surface area contributed by atoms with Gasteiger partial charge in [0.1, 0.15) is 0 Å². The number of rotatable bonds is 5. The zero-order valence-corrected chi connectivity index (χ0v) is 19.3. The number of nitrogens with zero attached hydrogens (tertiary/aromatic N) is 2. The molecule has 31 heavy (non-hydrogen) atoms. The molecule has 0 spiro atoms. The summed E-state index contributed by atoms with van der Waals surface area (Å²) in [6.07, 6.45) is 5.87. The van der Waals surface area contributed by atoms with E-state index in [1.807, 2.05) is 35.4 Å². The number of fused-ring (bicyclic) bond motifs is 1. The Morgan fingerprint density at radius 1 is 1.29 bits per heavy atom. The van der Waals surface area contributed by atoms with Crippen molar-refractivity contribution in [1.82, 2.24) is 10.2 Å². The maximum absolute atomic E-state index is 12.8. The summed E-state index contributed by atoms with van der Waals surface area (Å²) >= 11 is 7.73. The number of nitrogens with one attached hydrogen (secondary N) is 1. The first-order valence-electron chi connectivity index (χ1n) is 10.6. The highest BCUT2D eigenvalue weighted by molar-refractivity contribution is 8.16. The highest BCUT2D eigenvalue weighted by atomic mass is 35.5. The van der Waals surface area contributed by atoms with Crippen LogP contribution in [-0.2, 0) is 14.3 Å².